The fourth-order valence-corrected chi connectivity index (χ4v) is 3.55. The van der Waals surface area contributed by atoms with E-state index in [1.54, 1.807) is 0 Å². The van der Waals surface area contributed by atoms with E-state index >= 15 is 0 Å². The Labute approximate surface area is 192 Å². The molecule has 0 bridgehead atoms. The van der Waals surface area contributed by atoms with Gasteiger partial charge in [-0.2, -0.15) is 0 Å². The van der Waals surface area contributed by atoms with E-state index in [2.05, 4.69) is 117 Å². The summed E-state index contributed by atoms with van der Waals surface area (Å²) in [5, 5.41) is 0. The molecule has 31 heavy (non-hydrogen) atoms. The molecule has 0 heterocycles. The zero-order chi connectivity index (χ0) is 23.8. The van der Waals surface area contributed by atoms with Crippen LogP contribution in [-0.2, 0) is 0 Å². The highest BCUT2D eigenvalue weighted by molar-refractivity contribution is 5.74. The van der Waals surface area contributed by atoms with Crippen LogP contribution in [0.3, 0.4) is 0 Å². The molecule has 0 fully saturated rings. The summed E-state index contributed by atoms with van der Waals surface area (Å²) in [5.74, 6) is 0.653. The summed E-state index contributed by atoms with van der Waals surface area (Å²) in [6.07, 6.45) is 6.02. The van der Waals surface area contributed by atoms with Crippen molar-refractivity contribution < 1.29 is 0 Å². The highest BCUT2D eigenvalue weighted by Crippen LogP contribution is 2.35. The molecule has 0 aliphatic rings. The van der Waals surface area contributed by atoms with Crippen LogP contribution >= 0.6 is 0 Å². The lowest BCUT2D eigenvalue weighted by atomic mass is 9.80. The fourth-order valence-electron chi connectivity index (χ4n) is 3.55. The summed E-state index contributed by atoms with van der Waals surface area (Å²) in [6, 6.07) is 15.3. The molecule has 0 spiro atoms. The second-order valence-electron chi connectivity index (χ2n) is 9.76. The first-order chi connectivity index (χ1) is 14.4. The van der Waals surface area contributed by atoms with Gasteiger partial charge in [0, 0.05) is 0 Å². The number of aryl methyl sites for hydroxylation is 2. The Morgan fingerprint density at radius 2 is 1.52 bits per heavy atom. The maximum absolute atomic E-state index is 4.02. The van der Waals surface area contributed by atoms with Gasteiger partial charge in [-0.3, -0.25) is 0 Å². The van der Waals surface area contributed by atoms with E-state index in [1.165, 1.54) is 39.0 Å². The second kappa shape index (κ2) is 11.7. The van der Waals surface area contributed by atoms with Crippen LogP contribution in [-0.4, -0.2) is 0 Å². The molecule has 0 N–H and O–H groups in total. The highest BCUT2D eigenvalue weighted by atomic mass is 14.2. The van der Waals surface area contributed by atoms with Gasteiger partial charge in [0.2, 0.25) is 0 Å². The van der Waals surface area contributed by atoms with Gasteiger partial charge in [-0.05, 0) is 72.4 Å². The van der Waals surface area contributed by atoms with Gasteiger partial charge in [-0.1, -0.05) is 120 Å². The molecular formula is C31H42. The Morgan fingerprint density at radius 1 is 0.935 bits per heavy atom. The van der Waals surface area contributed by atoms with Crippen LogP contribution in [0.15, 0.2) is 79.4 Å². The van der Waals surface area contributed by atoms with Crippen LogP contribution in [0.1, 0.15) is 82.2 Å². The molecule has 0 heteroatoms. The molecule has 0 aliphatic carbocycles. The number of rotatable bonds is 5. The van der Waals surface area contributed by atoms with Gasteiger partial charge in [0.1, 0.15) is 0 Å². The normalized spacial score (nSPS) is 12.3. The monoisotopic (exact) mass is 414 g/mol. The fraction of sp³-hybridized carbons (Fsp3) is 0.355. The van der Waals surface area contributed by atoms with Crippen LogP contribution in [0.2, 0.25) is 0 Å². The molecule has 2 aromatic carbocycles. The number of hydrogen-bond donors (Lipinski definition) is 0. The van der Waals surface area contributed by atoms with Crippen LogP contribution in [0.5, 0.6) is 0 Å². The lowest BCUT2D eigenvalue weighted by Gasteiger charge is -2.24. The highest BCUT2D eigenvalue weighted by Gasteiger charge is 2.18. The third-order valence-electron chi connectivity index (χ3n) is 5.48. The molecule has 0 nitrogen and oxygen atoms in total. The summed E-state index contributed by atoms with van der Waals surface area (Å²) in [4.78, 5) is 0. The van der Waals surface area contributed by atoms with Crippen LogP contribution in [0.25, 0.3) is 11.1 Å². The summed E-state index contributed by atoms with van der Waals surface area (Å²) in [7, 11) is 0. The van der Waals surface area contributed by atoms with E-state index < -0.39 is 0 Å². The van der Waals surface area contributed by atoms with E-state index in [1.807, 2.05) is 19.1 Å². The summed E-state index contributed by atoms with van der Waals surface area (Å²) in [6.45, 7) is 27.5. The minimum absolute atomic E-state index is 0.100. The minimum Gasteiger partial charge on any atom is -0.0991 e. The van der Waals surface area contributed by atoms with E-state index in [4.69, 9.17) is 0 Å². The number of benzene rings is 2. The predicted octanol–water partition coefficient (Wildman–Crippen LogP) is 9.71. The molecule has 2 rings (SSSR count). The summed E-state index contributed by atoms with van der Waals surface area (Å²) in [5.41, 5.74) is 10.4. The van der Waals surface area contributed by atoms with Crippen molar-refractivity contribution in [3.05, 3.63) is 107 Å². The van der Waals surface area contributed by atoms with Crippen LogP contribution < -0.4 is 0 Å². The van der Waals surface area contributed by atoms with Crippen molar-refractivity contribution in [2.75, 3.05) is 0 Å². The Balaban J connectivity index is 0.000000399. The van der Waals surface area contributed by atoms with Crippen LogP contribution in [0, 0.1) is 19.3 Å². The molecule has 0 unspecified atom stereocenters. The molecular weight excluding hydrogens is 372 g/mol. The largest absolute Gasteiger partial charge is 0.0991 e. The number of allylic oxidation sites excluding steroid dienone is 6. The molecule has 0 radical (unpaired) electrons. The number of hydrogen-bond acceptors (Lipinski definition) is 0. The zero-order valence-corrected chi connectivity index (χ0v) is 21.3. The Kier molecular flexibility index (Phi) is 9.98. The van der Waals surface area contributed by atoms with Crippen molar-refractivity contribution in [1.82, 2.24) is 0 Å². The predicted molar refractivity (Wildman–Crippen MR) is 143 cm³/mol. The first-order valence-electron chi connectivity index (χ1n) is 11.2. The summed E-state index contributed by atoms with van der Waals surface area (Å²) < 4.78 is 0. The third kappa shape index (κ3) is 8.21. The zero-order valence-electron chi connectivity index (χ0n) is 21.3. The third-order valence-corrected chi connectivity index (χ3v) is 5.48. The summed E-state index contributed by atoms with van der Waals surface area (Å²) >= 11 is 0. The Bertz CT molecular complexity index is 939. The van der Waals surface area contributed by atoms with E-state index in [0.29, 0.717) is 5.92 Å². The van der Waals surface area contributed by atoms with Crippen molar-refractivity contribution >= 4 is 11.1 Å². The van der Waals surface area contributed by atoms with Gasteiger partial charge in [0.25, 0.3) is 0 Å². The van der Waals surface area contributed by atoms with Crippen LogP contribution in [0.4, 0.5) is 0 Å². The molecule has 0 amide bonds. The lowest BCUT2D eigenvalue weighted by Crippen LogP contribution is -2.10. The quantitative estimate of drug-likeness (QED) is 0.427. The standard InChI is InChI=1S/C21H28.C10H14/c1-9-10-11-20(21(6,7)8)17(5)19-13-12-18(15(2)3)14-16(19)4;1-8(2)10-6-4-9(3)5-7-10/h9-14H,1-2H2,3-8H3;4-8H,1-3H3/b11-10-,20-17-;. The van der Waals surface area contributed by atoms with E-state index in [0.717, 1.165) is 5.57 Å². The first-order valence-corrected chi connectivity index (χ1v) is 11.2. The Morgan fingerprint density at radius 3 is 1.94 bits per heavy atom. The van der Waals surface area contributed by atoms with Gasteiger partial charge in [0.15, 0.2) is 0 Å². The topological polar surface area (TPSA) is 0 Å². The maximum Gasteiger partial charge on any atom is -0.0129 e. The molecule has 0 saturated heterocycles. The maximum atomic E-state index is 4.02. The second-order valence-corrected chi connectivity index (χ2v) is 9.76. The van der Waals surface area contributed by atoms with Crippen molar-refractivity contribution in [1.29, 1.82) is 0 Å². The SMILES string of the molecule is C=C/C=C\C(=C(/C)c1ccc(C(=C)C)cc1C)C(C)(C)C.Cc1ccc(C(C)C)cc1. The van der Waals surface area contributed by atoms with Gasteiger partial charge in [-0.25, -0.2) is 0 Å². The average Bonchev–Trinajstić information content (AvgIpc) is 2.67. The van der Waals surface area contributed by atoms with E-state index in [-0.39, 0.29) is 5.41 Å². The molecule has 2 aromatic rings. The average molecular weight is 415 g/mol. The van der Waals surface area contributed by atoms with Crippen molar-refractivity contribution in [3.8, 4) is 0 Å². The lowest BCUT2D eigenvalue weighted by molar-refractivity contribution is 0.518. The van der Waals surface area contributed by atoms with Crippen molar-refractivity contribution in [2.24, 2.45) is 5.41 Å². The molecule has 0 saturated carbocycles. The Hall–Kier alpha value is -2.60. The molecule has 166 valence electrons. The van der Waals surface area contributed by atoms with Crippen molar-refractivity contribution in [2.45, 2.75) is 68.2 Å². The molecule has 0 aliphatic heterocycles. The molecule has 0 atom stereocenters. The van der Waals surface area contributed by atoms with Gasteiger partial charge in [0.05, 0.1) is 0 Å². The van der Waals surface area contributed by atoms with Crippen molar-refractivity contribution in [3.63, 3.8) is 0 Å². The molecule has 0 aromatic heterocycles. The van der Waals surface area contributed by atoms with Gasteiger partial charge in [-0.15, -0.1) is 0 Å². The van der Waals surface area contributed by atoms with Gasteiger partial charge >= 0.3 is 0 Å². The van der Waals surface area contributed by atoms with E-state index in [9.17, 15) is 0 Å². The minimum atomic E-state index is 0.100. The van der Waals surface area contributed by atoms with Gasteiger partial charge < -0.3 is 0 Å². The smallest absolute Gasteiger partial charge is 0.0129 e. The first kappa shape index (κ1) is 26.4.